The number of nitrogens with zero attached hydrogens (tertiary/aromatic N) is 2. The first-order valence-corrected chi connectivity index (χ1v) is 8.25. The van der Waals surface area contributed by atoms with Crippen LogP contribution in [-0.2, 0) is 13.2 Å². The monoisotopic (exact) mass is 335 g/mol. The van der Waals surface area contributed by atoms with Crippen LogP contribution in [0.15, 0.2) is 73.3 Å². The number of ether oxygens (including phenoxy) is 1. The molecule has 0 saturated carbocycles. The first-order valence-electron chi connectivity index (χ1n) is 8.25. The Kier molecular flexibility index (Phi) is 5.46. The van der Waals surface area contributed by atoms with E-state index < -0.39 is 0 Å². The molecule has 0 aliphatic heterocycles. The van der Waals surface area contributed by atoms with Gasteiger partial charge in [0.15, 0.2) is 0 Å². The van der Waals surface area contributed by atoms with Crippen molar-refractivity contribution >= 4 is 5.91 Å². The lowest BCUT2D eigenvalue weighted by molar-refractivity contribution is 0.0934. The molecule has 0 spiro atoms. The minimum Gasteiger partial charge on any atom is -0.489 e. The number of hydrogen-bond acceptors (Lipinski definition) is 3. The summed E-state index contributed by atoms with van der Waals surface area (Å²) in [5.74, 6) is 0.686. The van der Waals surface area contributed by atoms with Crippen LogP contribution in [0.1, 0.15) is 22.8 Å². The molecule has 1 N–H and O–H groups in total. The predicted octanol–water partition coefficient (Wildman–Crippen LogP) is 3.28. The van der Waals surface area contributed by atoms with Gasteiger partial charge in [-0.2, -0.15) is 0 Å². The van der Waals surface area contributed by atoms with Gasteiger partial charge in [-0.1, -0.05) is 36.4 Å². The van der Waals surface area contributed by atoms with Crippen molar-refractivity contribution in [3.05, 3.63) is 84.4 Å². The Morgan fingerprint density at radius 3 is 2.68 bits per heavy atom. The molecule has 128 valence electrons. The van der Waals surface area contributed by atoms with E-state index in [1.165, 1.54) is 0 Å². The van der Waals surface area contributed by atoms with Gasteiger partial charge in [0.25, 0.3) is 5.91 Å². The van der Waals surface area contributed by atoms with Crippen molar-refractivity contribution in [1.82, 2.24) is 14.9 Å². The summed E-state index contributed by atoms with van der Waals surface area (Å²) in [7, 11) is 0. The lowest BCUT2D eigenvalue weighted by Crippen LogP contribution is -2.36. The van der Waals surface area contributed by atoms with Crippen LogP contribution in [0.5, 0.6) is 5.75 Å². The summed E-state index contributed by atoms with van der Waals surface area (Å²) in [4.78, 5) is 16.6. The number of carbonyl (C=O) groups excluding carboxylic acids is 1. The Morgan fingerprint density at radius 1 is 1.16 bits per heavy atom. The molecule has 1 heterocycles. The highest BCUT2D eigenvalue weighted by atomic mass is 16.5. The molecule has 3 rings (SSSR count). The number of amides is 1. The lowest BCUT2D eigenvalue weighted by Gasteiger charge is -2.16. The van der Waals surface area contributed by atoms with Crippen molar-refractivity contribution in [3.8, 4) is 5.75 Å². The Bertz CT molecular complexity index is 801. The lowest BCUT2D eigenvalue weighted by atomic mass is 10.1. The van der Waals surface area contributed by atoms with E-state index in [0.717, 1.165) is 11.3 Å². The number of hydrogen-bond donors (Lipinski definition) is 1. The Hall–Kier alpha value is -3.08. The number of carbonyl (C=O) groups is 1. The predicted molar refractivity (Wildman–Crippen MR) is 96.4 cm³/mol. The van der Waals surface area contributed by atoms with Crippen LogP contribution < -0.4 is 10.1 Å². The third-order valence-electron chi connectivity index (χ3n) is 3.82. The molecule has 25 heavy (non-hydrogen) atoms. The first-order chi connectivity index (χ1) is 12.2. The molecule has 1 unspecified atom stereocenters. The smallest absolute Gasteiger partial charge is 0.251 e. The topological polar surface area (TPSA) is 56.2 Å². The number of rotatable bonds is 7. The zero-order valence-corrected chi connectivity index (χ0v) is 14.1. The fourth-order valence-electron chi connectivity index (χ4n) is 2.60. The first kappa shape index (κ1) is 16.8. The summed E-state index contributed by atoms with van der Waals surface area (Å²) in [6, 6.07) is 17.1. The van der Waals surface area contributed by atoms with Crippen LogP contribution in [0, 0.1) is 0 Å². The number of benzene rings is 2. The summed E-state index contributed by atoms with van der Waals surface area (Å²) < 4.78 is 7.72. The fourth-order valence-corrected chi connectivity index (χ4v) is 2.60. The van der Waals surface area contributed by atoms with Crippen LogP contribution in [0.3, 0.4) is 0 Å². The zero-order chi connectivity index (χ0) is 17.5. The summed E-state index contributed by atoms with van der Waals surface area (Å²) in [5, 5.41) is 3.03. The molecule has 1 atom stereocenters. The van der Waals surface area contributed by atoms with Gasteiger partial charge in [0, 0.05) is 36.1 Å². The largest absolute Gasteiger partial charge is 0.489 e. The summed E-state index contributed by atoms with van der Waals surface area (Å²) in [6.07, 6.45) is 5.35. The zero-order valence-electron chi connectivity index (χ0n) is 14.1. The minimum absolute atomic E-state index is 0.00945. The highest BCUT2D eigenvalue weighted by molar-refractivity contribution is 5.95. The van der Waals surface area contributed by atoms with Crippen molar-refractivity contribution in [2.24, 2.45) is 0 Å². The van der Waals surface area contributed by atoms with Gasteiger partial charge in [-0.05, 0) is 25.1 Å². The van der Waals surface area contributed by atoms with Gasteiger partial charge in [-0.15, -0.1) is 0 Å². The number of aromatic nitrogens is 2. The molecule has 2 aromatic carbocycles. The number of imidazole rings is 1. The van der Waals surface area contributed by atoms with Crippen molar-refractivity contribution in [1.29, 1.82) is 0 Å². The van der Waals surface area contributed by atoms with Crippen molar-refractivity contribution in [2.75, 3.05) is 0 Å². The second-order valence-corrected chi connectivity index (χ2v) is 5.89. The maximum atomic E-state index is 12.6. The average molecular weight is 335 g/mol. The third kappa shape index (κ3) is 4.70. The second kappa shape index (κ2) is 8.15. The van der Waals surface area contributed by atoms with Gasteiger partial charge in [-0.25, -0.2) is 4.98 Å². The van der Waals surface area contributed by atoms with E-state index in [9.17, 15) is 4.79 Å². The Labute approximate surface area is 147 Å². The second-order valence-electron chi connectivity index (χ2n) is 5.89. The molecule has 0 aliphatic rings. The number of nitrogens with one attached hydrogen (secondary N) is 1. The molecular formula is C20H21N3O2. The summed E-state index contributed by atoms with van der Waals surface area (Å²) >= 11 is 0. The van der Waals surface area contributed by atoms with Crippen LogP contribution in [-0.4, -0.2) is 21.5 Å². The standard InChI is InChI=1S/C20H21N3O2/c1-16(13-23-12-11-21-15-23)22-20(24)19-10-6-5-7-17(19)14-25-18-8-3-2-4-9-18/h2-12,15-16H,13-14H2,1H3,(H,22,24). The van der Waals surface area contributed by atoms with E-state index in [1.807, 2.05) is 72.3 Å². The Balaban J connectivity index is 1.64. The van der Waals surface area contributed by atoms with E-state index in [-0.39, 0.29) is 11.9 Å². The normalized spacial score (nSPS) is 11.7. The van der Waals surface area contributed by atoms with Gasteiger partial charge >= 0.3 is 0 Å². The van der Waals surface area contributed by atoms with E-state index in [2.05, 4.69) is 10.3 Å². The quantitative estimate of drug-likeness (QED) is 0.721. The maximum absolute atomic E-state index is 12.6. The molecule has 5 nitrogen and oxygen atoms in total. The molecule has 0 bridgehead atoms. The van der Waals surface area contributed by atoms with E-state index in [1.54, 1.807) is 12.5 Å². The third-order valence-corrected chi connectivity index (χ3v) is 3.82. The van der Waals surface area contributed by atoms with Crippen molar-refractivity contribution in [3.63, 3.8) is 0 Å². The van der Waals surface area contributed by atoms with E-state index in [4.69, 9.17) is 4.74 Å². The van der Waals surface area contributed by atoms with Gasteiger partial charge in [0.2, 0.25) is 0 Å². The fraction of sp³-hybridized carbons (Fsp3) is 0.200. The average Bonchev–Trinajstić information content (AvgIpc) is 3.14. The van der Waals surface area contributed by atoms with Gasteiger partial charge in [0.1, 0.15) is 12.4 Å². The van der Waals surface area contributed by atoms with Gasteiger partial charge in [0.05, 0.1) is 6.33 Å². The van der Waals surface area contributed by atoms with Crippen LogP contribution in [0.2, 0.25) is 0 Å². The minimum atomic E-state index is -0.0973. The van der Waals surface area contributed by atoms with Gasteiger partial charge in [-0.3, -0.25) is 4.79 Å². The van der Waals surface area contributed by atoms with Crippen molar-refractivity contribution in [2.45, 2.75) is 26.1 Å². The number of para-hydroxylation sites is 1. The highest BCUT2D eigenvalue weighted by Crippen LogP contribution is 2.15. The molecule has 0 fully saturated rings. The molecule has 0 aliphatic carbocycles. The Morgan fingerprint density at radius 2 is 1.92 bits per heavy atom. The van der Waals surface area contributed by atoms with Gasteiger partial charge < -0.3 is 14.6 Å². The molecule has 5 heteroatoms. The van der Waals surface area contributed by atoms with Crippen LogP contribution in [0.25, 0.3) is 0 Å². The SMILES string of the molecule is CC(Cn1ccnc1)NC(=O)c1ccccc1COc1ccccc1. The van der Waals surface area contributed by atoms with Crippen LogP contribution >= 0.6 is 0 Å². The molecule has 1 amide bonds. The molecule has 0 radical (unpaired) electrons. The van der Waals surface area contributed by atoms with Crippen molar-refractivity contribution < 1.29 is 9.53 Å². The highest BCUT2D eigenvalue weighted by Gasteiger charge is 2.14. The molecule has 0 saturated heterocycles. The molecule has 3 aromatic rings. The molecular weight excluding hydrogens is 314 g/mol. The van der Waals surface area contributed by atoms with E-state index >= 15 is 0 Å². The van der Waals surface area contributed by atoms with E-state index in [0.29, 0.717) is 18.7 Å². The molecule has 1 aromatic heterocycles. The summed E-state index contributed by atoms with van der Waals surface area (Å²) in [6.45, 7) is 3.00. The van der Waals surface area contributed by atoms with Crippen LogP contribution in [0.4, 0.5) is 0 Å². The maximum Gasteiger partial charge on any atom is 0.251 e. The summed E-state index contributed by atoms with van der Waals surface area (Å²) in [5.41, 5.74) is 1.49.